The van der Waals surface area contributed by atoms with E-state index in [0.29, 0.717) is 5.95 Å². The topological polar surface area (TPSA) is 79.2 Å². The van der Waals surface area contributed by atoms with Gasteiger partial charge in [-0.3, -0.25) is 4.79 Å². The Hall–Kier alpha value is -1.76. The maximum Gasteiger partial charge on any atom is 0.323 e. The summed E-state index contributed by atoms with van der Waals surface area (Å²) in [5, 5.41) is 8.61. The summed E-state index contributed by atoms with van der Waals surface area (Å²) in [6.07, 6.45) is 3.29. The lowest BCUT2D eigenvalue weighted by Gasteiger charge is -2.13. The van der Waals surface area contributed by atoms with Gasteiger partial charge in [-0.1, -0.05) is 0 Å². The fourth-order valence-corrected chi connectivity index (χ4v) is 1.69. The van der Waals surface area contributed by atoms with Crippen molar-refractivity contribution in [3.63, 3.8) is 0 Å². The van der Waals surface area contributed by atoms with E-state index in [2.05, 4.69) is 14.3 Å². The largest absolute Gasteiger partial charge is 0.480 e. The number of anilines is 1. The Balaban J connectivity index is 2.30. The Morgan fingerprint density at radius 2 is 2.40 bits per heavy atom. The third-order valence-electron chi connectivity index (χ3n) is 1.81. The number of aliphatic carboxylic acids is 1. The summed E-state index contributed by atoms with van der Waals surface area (Å²) >= 11 is 1.31. The van der Waals surface area contributed by atoms with Gasteiger partial charge < -0.3 is 10.0 Å². The minimum Gasteiger partial charge on any atom is -0.480 e. The van der Waals surface area contributed by atoms with Gasteiger partial charge in [0.25, 0.3) is 0 Å². The van der Waals surface area contributed by atoms with Crippen molar-refractivity contribution in [1.82, 2.24) is 14.3 Å². The van der Waals surface area contributed by atoms with Gasteiger partial charge in [0.15, 0.2) is 0 Å². The highest BCUT2D eigenvalue weighted by molar-refractivity contribution is 7.13. The molecule has 0 aliphatic heterocycles. The quantitative estimate of drug-likeness (QED) is 0.822. The van der Waals surface area contributed by atoms with Crippen LogP contribution in [0.5, 0.6) is 0 Å². The van der Waals surface area contributed by atoms with Crippen molar-refractivity contribution < 1.29 is 9.90 Å². The zero-order valence-electron chi connectivity index (χ0n) is 7.91. The Bertz CT molecular complexity index is 498. The number of carboxylic acid groups (broad SMARTS) is 1. The third kappa shape index (κ3) is 2.01. The van der Waals surface area contributed by atoms with E-state index in [-0.39, 0.29) is 6.54 Å². The van der Waals surface area contributed by atoms with Gasteiger partial charge in [0.1, 0.15) is 12.1 Å². The molecule has 2 aromatic heterocycles. The van der Waals surface area contributed by atoms with Gasteiger partial charge in [0, 0.05) is 7.05 Å². The molecule has 0 radical (unpaired) electrons. The lowest BCUT2D eigenvalue weighted by molar-refractivity contribution is -0.135. The second-order valence-electron chi connectivity index (χ2n) is 3.00. The summed E-state index contributed by atoms with van der Waals surface area (Å²) < 4.78 is 4.86. The molecule has 1 N–H and O–H groups in total. The van der Waals surface area contributed by atoms with Crippen molar-refractivity contribution in [2.24, 2.45) is 0 Å². The van der Waals surface area contributed by atoms with Crippen LogP contribution in [-0.2, 0) is 4.79 Å². The van der Waals surface area contributed by atoms with E-state index in [9.17, 15) is 4.79 Å². The fraction of sp³-hybridized carbons (Fsp3) is 0.250. The van der Waals surface area contributed by atoms with Crippen molar-refractivity contribution in [2.45, 2.75) is 0 Å². The number of likely N-dealkylation sites (N-methyl/N-ethyl adjacent to an activating group) is 1. The van der Waals surface area contributed by atoms with E-state index < -0.39 is 5.97 Å². The highest BCUT2D eigenvalue weighted by Gasteiger charge is 2.09. The first-order valence-corrected chi connectivity index (χ1v) is 4.94. The molecule has 0 fully saturated rings. The van der Waals surface area contributed by atoms with E-state index in [4.69, 9.17) is 5.11 Å². The summed E-state index contributed by atoms with van der Waals surface area (Å²) in [4.78, 5) is 20.2. The van der Waals surface area contributed by atoms with Gasteiger partial charge in [-0.2, -0.15) is 4.37 Å². The van der Waals surface area contributed by atoms with Crippen molar-refractivity contribution in [3.8, 4) is 0 Å². The van der Waals surface area contributed by atoms with Gasteiger partial charge in [-0.15, -0.1) is 0 Å². The highest BCUT2D eigenvalue weighted by Crippen LogP contribution is 2.16. The maximum absolute atomic E-state index is 10.5. The molecule has 15 heavy (non-hydrogen) atoms. The first-order valence-electron chi connectivity index (χ1n) is 4.17. The van der Waals surface area contributed by atoms with Gasteiger partial charge in [0.05, 0.1) is 17.1 Å². The van der Waals surface area contributed by atoms with Crippen LogP contribution >= 0.6 is 11.5 Å². The van der Waals surface area contributed by atoms with Crippen molar-refractivity contribution in [3.05, 3.63) is 12.4 Å². The molecule has 2 heterocycles. The summed E-state index contributed by atoms with van der Waals surface area (Å²) in [7, 11) is 1.63. The van der Waals surface area contributed by atoms with E-state index in [1.165, 1.54) is 16.4 Å². The average molecular weight is 224 g/mol. The number of aromatic nitrogens is 3. The van der Waals surface area contributed by atoms with Gasteiger partial charge in [0.2, 0.25) is 5.95 Å². The van der Waals surface area contributed by atoms with Gasteiger partial charge in [-0.05, 0) is 11.5 Å². The number of hydrogen-bond acceptors (Lipinski definition) is 6. The van der Waals surface area contributed by atoms with Crippen LogP contribution in [0.3, 0.4) is 0 Å². The average Bonchev–Trinajstić information content (AvgIpc) is 2.62. The molecule has 0 bridgehead atoms. The van der Waals surface area contributed by atoms with Crippen LogP contribution in [0.25, 0.3) is 10.2 Å². The number of carboxylic acids is 1. The normalized spacial score (nSPS) is 10.5. The molecule has 7 heteroatoms. The Labute approximate surface area is 89.4 Å². The zero-order valence-corrected chi connectivity index (χ0v) is 8.73. The number of carbonyl (C=O) groups is 1. The minimum atomic E-state index is -0.912. The van der Waals surface area contributed by atoms with Gasteiger partial charge in [-0.25, -0.2) is 9.97 Å². The molecule has 2 rings (SSSR count). The number of rotatable bonds is 3. The number of nitrogens with zero attached hydrogens (tertiary/aromatic N) is 4. The Kier molecular flexibility index (Phi) is 2.46. The second-order valence-corrected chi connectivity index (χ2v) is 3.83. The monoisotopic (exact) mass is 224 g/mol. The molecule has 6 nitrogen and oxygen atoms in total. The van der Waals surface area contributed by atoms with Crippen LogP contribution in [0.2, 0.25) is 0 Å². The number of fused-ring (bicyclic) bond motifs is 1. The Morgan fingerprint density at radius 3 is 3.13 bits per heavy atom. The van der Waals surface area contributed by atoms with E-state index in [1.54, 1.807) is 19.4 Å². The smallest absolute Gasteiger partial charge is 0.323 e. The lowest BCUT2D eigenvalue weighted by Crippen LogP contribution is -2.26. The number of hydrogen-bond donors (Lipinski definition) is 1. The van der Waals surface area contributed by atoms with Crippen LogP contribution < -0.4 is 4.90 Å². The molecular weight excluding hydrogens is 216 g/mol. The maximum atomic E-state index is 10.5. The van der Waals surface area contributed by atoms with Crippen molar-refractivity contribution in [1.29, 1.82) is 0 Å². The third-order valence-corrected chi connectivity index (χ3v) is 2.53. The summed E-state index contributed by atoms with van der Waals surface area (Å²) in [5.41, 5.74) is 0.738. The minimum absolute atomic E-state index is 0.122. The molecule has 2 aromatic rings. The first kappa shape index (κ1) is 9.78. The molecule has 0 saturated carbocycles. The van der Waals surface area contributed by atoms with Crippen LogP contribution in [-0.4, -0.2) is 39.0 Å². The molecule has 0 aliphatic rings. The fourth-order valence-electron chi connectivity index (χ4n) is 1.13. The van der Waals surface area contributed by atoms with Crippen LogP contribution in [0.15, 0.2) is 12.4 Å². The van der Waals surface area contributed by atoms with Crippen LogP contribution in [0.1, 0.15) is 0 Å². The van der Waals surface area contributed by atoms with Crippen LogP contribution in [0, 0.1) is 0 Å². The highest BCUT2D eigenvalue weighted by atomic mass is 32.1. The molecule has 0 amide bonds. The van der Waals surface area contributed by atoms with Crippen LogP contribution in [0.4, 0.5) is 5.95 Å². The molecule has 0 spiro atoms. The predicted octanol–water partition coefficient (Wildman–Crippen LogP) is 0.607. The predicted molar refractivity (Wildman–Crippen MR) is 56.1 cm³/mol. The van der Waals surface area contributed by atoms with Gasteiger partial charge >= 0.3 is 5.97 Å². The molecule has 0 aromatic carbocycles. The van der Waals surface area contributed by atoms with Crippen molar-refractivity contribution >= 4 is 33.7 Å². The van der Waals surface area contributed by atoms with E-state index >= 15 is 0 Å². The molecule has 0 saturated heterocycles. The molecule has 0 aliphatic carbocycles. The SMILES string of the molecule is CN(CC(=O)O)c1ncc2sncc2n1. The lowest BCUT2D eigenvalue weighted by atomic mass is 10.5. The summed E-state index contributed by atoms with van der Waals surface area (Å²) in [5.74, 6) is -0.519. The molecular formula is C8H8N4O2S. The standard InChI is InChI=1S/C8H8N4O2S/c1-12(4-7(13)14)8-9-3-6-5(11-8)2-10-15-6/h2-3H,4H2,1H3,(H,13,14). The summed E-state index contributed by atoms with van der Waals surface area (Å²) in [6.45, 7) is -0.122. The van der Waals surface area contributed by atoms with Crippen molar-refractivity contribution in [2.75, 3.05) is 18.5 Å². The van der Waals surface area contributed by atoms with E-state index in [1.807, 2.05) is 0 Å². The molecule has 0 unspecified atom stereocenters. The molecule has 78 valence electrons. The first-order chi connectivity index (χ1) is 7.16. The molecule has 0 atom stereocenters. The zero-order chi connectivity index (χ0) is 10.8. The van der Waals surface area contributed by atoms with E-state index in [0.717, 1.165) is 10.2 Å². The Morgan fingerprint density at radius 1 is 1.60 bits per heavy atom. The second kappa shape index (κ2) is 3.77. The summed E-state index contributed by atoms with van der Waals surface area (Å²) in [6, 6.07) is 0.